The Morgan fingerprint density at radius 2 is 1.17 bits per heavy atom. The molecule has 0 atom stereocenters. The van der Waals surface area contributed by atoms with E-state index < -0.39 is 0 Å². The summed E-state index contributed by atoms with van der Waals surface area (Å²) in [5.41, 5.74) is 0. The van der Waals surface area contributed by atoms with Crippen molar-refractivity contribution in [3.05, 3.63) is 0 Å². The molecule has 0 aromatic rings. The van der Waals surface area contributed by atoms with Crippen LogP contribution in [0.2, 0.25) is 0 Å². The van der Waals surface area contributed by atoms with Crippen LogP contribution in [-0.4, -0.2) is 35.9 Å². The average molecular weight is 202 g/mol. The van der Waals surface area contributed by atoms with Gasteiger partial charge in [-0.3, -0.25) is 0 Å². The van der Waals surface area contributed by atoms with E-state index in [0.717, 1.165) is 48.7 Å². The highest BCUT2D eigenvalue weighted by Gasteiger charge is 2.05. The second-order valence-corrected chi connectivity index (χ2v) is 3.83. The molecule has 4 heteroatoms. The van der Waals surface area contributed by atoms with E-state index >= 15 is 0 Å². The molecular weight excluding hydrogens is 188 g/mol. The molecule has 68 valence electrons. The van der Waals surface area contributed by atoms with E-state index in [1.54, 1.807) is 0 Å². The van der Waals surface area contributed by atoms with E-state index in [9.17, 15) is 0 Å². The Morgan fingerprint density at radius 3 is 1.58 bits per heavy atom. The molecule has 2 nitrogen and oxygen atoms in total. The van der Waals surface area contributed by atoms with E-state index in [1.165, 1.54) is 0 Å². The monoisotopic (exact) mass is 202 g/mol. The third kappa shape index (κ3) is 3.67. The Hall–Kier alpha value is 0.100. The van der Waals surface area contributed by atoms with Crippen LogP contribution in [0.5, 0.6) is 0 Å². The van der Waals surface area contributed by atoms with Gasteiger partial charge in [0.2, 0.25) is 0 Å². The maximum atomic E-state index is 5.17. The molecule has 1 aliphatic rings. The van der Waals surface area contributed by atoms with Gasteiger partial charge in [0.05, 0.1) is 0 Å². The predicted molar refractivity (Wildman–Crippen MR) is 60.2 cm³/mol. The fraction of sp³-hybridized carbons (Fsp3) is 0.750. The zero-order valence-electron chi connectivity index (χ0n) is 7.06. The molecule has 1 heterocycles. The molecule has 1 fully saturated rings. The zero-order valence-corrected chi connectivity index (χ0v) is 8.69. The van der Waals surface area contributed by atoms with Crippen molar-refractivity contribution < 1.29 is 0 Å². The van der Waals surface area contributed by atoms with Gasteiger partial charge in [-0.1, -0.05) is 24.4 Å². The Balaban J connectivity index is 2.36. The van der Waals surface area contributed by atoms with Crippen LogP contribution in [0.1, 0.15) is 12.8 Å². The van der Waals surface area contributed by atoms with Crippen LogP contribution in [0.15, 0.2) is 0 Å². The second-order valence-electron chi connectivity index (χ2n) is 2.85. The minimum Gasteiger partial charge on any atom is -0.315 e. The minimum atomic E-state index is 0.925. The molecule has 0 aromatic heterocycles. The van der Waals surface area contributed by atoms with E-state index in [4.69, 9.17) is 24.4 Å². The molecule has 0 bridgehead atoms. The summed E-state index contributed by atoms with van der Waals surface area (Å²) < 4.78 is 0. The molecule has 0 saturated carbocycles. The van der Waals surface area contributed by atoms with Crippen LogP contribution in [0.3, 0.4) is 0 Å². The van der Waals surface area contributed by atoms with Gasteiger partial charge in [-0.15, -0.1) is 0 Å². The molecule has 0 spiro atoms. The van der Waals surface area contributed by atoms with Gasteiger partial charge in [0.25, 0.3) is 0 Å². The highest BCUT2D eigenvalue weighted by molar-refractivity contribution is 7.89. The van der Waals surface area contributed by atoms with E-state index in [1.807, 2.05) is 0 Å². The Kier molecular flexibility index (Phi) is 4.83. The topological polar surface area (TPSA) is 24.1 Å². The summed E-state index contributed by atoms with van der Waals surface area (Å²) in [6.45, 7) is 3.96. The standard InChI is InChI=1S/C8H14N2S2/c11-7-1-3-9-5-6-10-4-2-8(7)12/h9-10H,1-6H2. The summed E-state index contributed by atoms with van der Waals surface area (Å²) in [5, 5.41) is 6.59. The molecule has 2 N–H and O–H groups in total. The lowest BCUT2D eigenvalue weighted by molar-refractivity contribution is 0.623. The van der Waals surface area contributed by atoms with E-state index in [2.05, 4.69) is 10.6 Å². The predicted octanol–water partition coefficient (Wildman–Crippen LogP) is 0.699. The first-order valence-electron chi connectivity index (χ1n) is 4.28. The second kappa shape index (κ2) is 5.70. The summed E-state index contributed by atoms with van der Waals surface area (Å²) >= 11 is 10.3. The highest BCUT2D eigenvalue weighted by Crippen LogP contribution is 1.96. The SMILES string of the molecule is S=C1CCNCCNCCC1=S. The molecule has 1 saturated heterocycles. The van der Waals surface area contributed by atoms with Crippen LogP contribution in [0, 0.1) is 0 Å². The molecule has 0 radical (unpaired) electrons. The van der Waals surface area contributed by atoms with Crippen molar-refractivity contribution in [2.45, 2.75) is 12.8 Å². The fourth-order valence-corrected chi connectivity index (χ4v) is 1.52. The van der Waals surface area contributed by atoms with Crippen LogP contribution in [0.25, 0.3) is 0 Å². The molecule has 0 aromatic carbocycles. The molecule has 1 rings (SSSR count). The normalized spacial score (nSPS) is 22.3. The van der Waals surface area contributed by atoms with Crippen LogP contribution in [-0.2, 0) is 0 Å². The van der Waals surface area contributed by atoms with Crippen molar-refractivity contribution in [1.29, 1.82) is 0 Å². The lowest BCUT2D eigenvalue weighted by Gasteiger charge is -2.11. The van der Waals surface area contributed by atoms with Crippen molar-refractivity contribution in [1.82, 2.24) is 10.6 Å². The Morgan fingerprint density at radius 1 is 0.750 bits per heavy atom. The molecular formula is C8H14N2S2. The lowest BCUT2D eigenvalue weighted by atomic mass is 10.1. The van der Waals surface area contributed by atoms with Crippen molar-refractivity contribution in [2.24, 2.45) is 0 Å². The van der Waals surface area contributed by atoms with Crippen LogP contribution >= 0.6 is 24.4 Å². The minimum absolute atomic E-state index is 0.925. The maximum Gasteiger partial charge on any atom is 0.0304 e. The van der Waals surface area contributed by atoms with Crippen molar-refractivity contribution in [3.8, 4) is 0 Å². The summed E-state index contributed by atoms with van der Waals surface area (Å²) in [6.07, 6.45) is 1.85. The van der Waals surface area contributed by atoms with Crippen LogP contribution < -0.4 is 10.6 Å². The first-order chi connectivity index (χ1) is 5.80. The van der Waals surface area contributed by atoms with E-state index in [0.29, 0.717) is 0 Å². The van der Waals surface area contributed by atoms with Crippen LogP contribution in [0.4, 0.5) is 0 Å². The van der Waals surface area contributed by atoms with E-state index in [-0.39, 0.29) is 0 Å². The Labute approximate surface area is 84.1 Å². The summed E-state index contributed by atoms with van der Waals surface area (Å²) in [6, 6.07) is 0. The van der Waals surface area contributed by atoms with Gasteiger partial charge < -0.3 is 10.6 Å². The summed E-state index contributed by atoms with van der Waals surface area (Å²) in [5.74, 6) is 0. The van der Waals surface area contributed by atoms with Gasteiger partial charge in [-0.25, -0.2) is 0 Å². The molecule has 0 aliphatic carbocycles. The van der Waals surface area contributed by atoms with Gasteiger partial charge in [0.15, 0.2) is 0 Å². The number of hydrogen-bond acceptors (Lipinski definition) is 4. The first-order valence-corrected chi connectivity index (χ1v) is 5.10. The molecule has 0 unspecified atom stereocenters. The van der Waals surface area contributed by atoms with Crippen molar-refractivity contribution in [3.63, 3.8) is 0 Å². The molecule has 0 amide bonds. The van der Waals surface area contributed by atoms with Gasteiger partial charge in [0, 0.05) is 35.9 Å². The quantitative estimate of drug-likeness (QED) is 0.565. The van der Waals surface area contributed by atoms with Crippen molar-refractivity contribution >= 4 is 34.2 Å². The average Bonchev–Trinajstić information content (AvgIpc) is 2.08. The lowest BCUT2D eigenvalue weighted by Crippen LogP contribution is -2.33. The largest absolute Gasteiger partial charge is 0.315 e. The number of nitrogens with one attached hydrogen (secondary N) is 2. The number of hydrogen-bond donors (Lipinski definition) is 2. The number of rotatable bonds is 0. The van der Waals surface area contributed by atoms with Gasteiger partial charge in [-0.05, 0) is 12.8 Å². The Bertz CT molecular complexity index is 160. The van der Waals surface area contributed by atoms with Crippen molar-refractivity contribution in [2.75, 3.05) is 26.2 Å². The third-order valence-electron chi connectivity index (χ3n) is 1.85. The smallest absolute Gasteiger partial charge is 0.0304 e. The molecule has 12 heavy (non-hydrogen) atoms. The maximum absolute atomic E-state index is 5.17. The fourth-order valence-electron chi connectivity index (χ4n) is 1.11. The van der Waals surface area contributed by atoms with Gasteiger partial charge >= 0.3 is 0 Å². The van der Waals surface area contributed by atoms with Gasteiger partial charge in [-0.2, -0.15) is 0 Å². The summed E-state index contributed by atoms with van der Waals surface area (Å²) in [4.78, 5) is 1.92. The third-order valence-corrected chi connectivity index (χ3v) is 2.88. The molecule has 1 aliphatic heterocycles. The summed E-state index contributed by atoms with van der Waals surface area (Å²) in [7, 11) is 0. The number of thiocarbonyl (C=S) groups is 2. The highest BCUT2D eigenvalue weighted by atomic mass is 32.1. The van der Waals surface area contributed by atoms with Gasteiger partial charge in [0.1, 0.15) is 0 Å². The zero-order chi connectivity index (χ0) is 8.81. The first kappa shape index (κ1) is 10.2.